The zero-order valence-electron chi connectivity index (χ0n) is 7.70. The average Bonchev–Trinajstić information content (AvgIpc) is 2.18. The van der Waals surface area contributed by atoms with Crippen LogP contribution in [0.2, 0.25) is 5.15 Å². The SMILES string of the molecule is CC(CO)NC(=O)c1cccnc1Cl. The van der Waals surface area contributed by atoms with Crippen LogP contribution in [-0.4, -0.2) is 28.6 Å². The number of carbonyl (C=O) groups is 1. The highest BCUT2D eigenvalue weighted by Gasteiger charge is 2.12. The maximum atomic E-state index is 11.5. The van der Waals surface area contributed by atoms with E-state index in [-0.39, 0.29) is 23.7 Å². The summed E-state index contributed by atoms with van der Waals surface area (Å²) in [5.41, 5.74) is 0.314. The Labute approximate surface area is 86.9 Å². The Balaban J connectivity index is 2.75. The highest BCUT2D eigenvalue weighted by Crippen LogP contribution is 2.10. The number of pyridine rings is 1. The minimum atomic E-state index is -0.329. The van der Waals surface area contributed by atoms with Gasteiger partial charge < -0.3 is 10.4 Å². The zero-order chi connectivity index (χ0) is 10.6. The number of nitrogens with zero attached hydrogens (tertiary/aromatic N) is 1. The normalized spacial score (nSPS) is 12.2. The molecular weight excluding hydrogens is 204 g/mol. The first-order valence-electron chi connectivity index (χ1n) is 4.17. The minimum absolute atomic E-state index is 0.108. The van der Waals surface area contributed by atoms with Crippen LogP contribution in [0.25, 0.3) is 0 Å². The lowest BCUT2D eigenvalue weighted by atomic mass is 10.2. The molecule has 0 saturated carbocycles. The van der Waals surface area contributed by atoms with Gasteiger partial charge in [-0.3, -0.25) is 4.79 Å². The van der Waals surface area contributed by atoms with Crippen molar-refractivity contribution in [1.82, 2.24) is 10.3 Å². The standard InChI is InChI=1S/C9H11ClN2O2/c1-6(5-13)12-9(14)7-3-2-4-11-8(7)10/h2-4,6,13H,5H2,1H3,(H,12,14). The molecular formula is C9H11ClN2O2. The summed E-state index contributed by atoms with van der Waals surface area (Å²) < 4.78 is 0. The third-order valence-electron chi connectivity index (χ3n) is 1.66. The molecule has 5 heteroatoms. The minimum Gasteiger partial charge on any atom is -0.394 e. The number of aromatic nitrogens is 1. The van der Waals surface area contributed by atoms with Crippen LogP contribution in [0, 0.1) is 0 Å². The number of nitrogens with one attached hydrogen (secondary N) is 1. The summed E-state index contributed by atoms with van der Waals surface area (Å²) in [6, 6.07) is 2.91. The smallest absolute Gasteiger partial charge is 0.254 e. The molecule has 0 radical (unpaired) electrons. The Hall–Kier alpha value is -1.13. The van der Waals surface area contributed by atoms with Crippen LogP contribution in [0.3, 0.4) is 0 Å². The molecule has 1 heterocycles. The Morgan fingerprint density at radius 1 is 1.79 bits per heavy atom. The second kappa shape index (κ2) is 4.93. The summed E-state index contributed by atoms with van der Waals surface area (Å²) in [7, 11) is 0. The van der Waals surface area contributed by atoms with E-state index in [9.17, 15) is 4.79 Å². The van der Waals surface area contributed by atoms with Crippen molar-refractivity contribution in [2.45, 2.75) is 13.0 Å². The van der Waals surface area contributed by atoms with Crippen LogP contribution >= 0.6 is 11.6 Å². The summed E-state index contributed by atoms with van der Waals surface area (Å²) >= 11 is 5.71. The number of hydrogen-bond acceptors (Lipinski definition) is 3. The Morgan fingerprint density at radius 3 is 3.07 bits per heavy atom. The van der Waals surface area contributed by atoms with Crippen LogP contribution in [0.1, 0.15) is 17.3 Å². The lowest BCUT2D eigenvalue weighted by molar-refractivity contribution is 0.0922. The van der Waals surface area contributed by atoms with E-state index < -0.39 is 0 Å². The van der Waals surface area contributed by atoms with Gasteiger partial charge in [0.25, 0.3) is 5.91 Å². The van der Waals surface area contributed by atoms with Gasteiger partial charge in [0.15, 0.2) is 0 Å². The zero-order valence-corrected chi connectivity index (χ0v) is 8.45. The molecule has 0 aliphatic rings. The number of hydrogen-bond donors (Lipinski definition) is 2. The van der Waals surface area contributed by atoms with Gasteiger partial charge in [0.05, 0.1) is 12.2 Å². The number of aliphatic hydroxyl groups excluding tert-OH is 1. The van der Waals surface area contributed by atoms with Gasteiger partial charge in [-0.05, 0) is 19.1 Å². The maximum absolute atomic E-state index is 11.5. The van der Waals surface area contributed by atoms with Crippen LogP contribution in [0.4, 0.5) is 0 Å². The van der Waals surface area contributed by atoms with Crippen LogP contribution in [-0.2, 0) is 0 Å². The second-order valence-corrected chi connectivity index (χ2v) is 3.26. The monoisotopic (exact) mass is 214 g/mol. The lowest BCUT2D eigenvalue weighted by Crippen LogP contribution is -2.35. The molecule has 14 heavy (non-hydrogen) atoms. The molecule has 1 atom stereocenters. The summed E-state index contributed by atoms with van der Waals surface area (Å²) in [6.45, 7) is 1.59. The first-order chi connectivity index (χ1) is 6.65. The van der Waals surface area contributed by atoms with Crippen molar-refractivity contribution in [2.75, 3.05) is 6.61 Å². The fourth-order valence-electron chi connectivity index (χ4n) is 0.903. The van der Waals surface area contributed by atoms with E-state index in [2.05, 4.69) is 10.3 Å². The van der Waals surface area contributed by atoms with E-state index in [1.54, 1.807) is 19.1 Å². The van der Waals surface area contributed by atoms with Gasteiger partial charge >= 0.3 is 0 Å². The molecule has 76 valence electrons. The van der Waals surface area contributed by atoms with Gasteiger partial charge in [0, 0.05) is 12.2 Å². The first-order valence-corrected chi connectivity index (χ1v) is 4.55. The average molecular weight is 215 g/mol. The molecule has 1 unspecified atom stereocenters. The molecule has 1 aromatic rings. The number of amides is 1. The van der Waals surface area contributed by atoms with Gasteiger partial charge in [-0.2, -0.15) is 0 Å². The lowest BCUT2D eigenvalue weighted by Gasteiger charge is -2.10. The van der Waals surface area contributed by atoms with E-state index in [1.807, 2.05) is 0 Å². The molecule has 1 amide bonds. The Bertz CT molecular complexity index is 330. The van der Waals surface area contributed by atoms with Crippen molar-refractivity contribution in [3.8, 4) is 0 Å². The van der Waals surface area contributed by atoms with Crippen LogP contribution in [0.15, 0.2) is 18.3 Å². The molecule has 0 aliphatic heterocycles. The molecule has 0 spiro atoms. The van der Waals surface area contributed by atoms with Gasteiger partial charge in [-0.15, -0.1) is 0 Å². The third kappa shape index (κ3) is 2.68. The van der Waals surface area contributed by atoms with Crippen LogP contribution in [0.5, 0.6) is 0 Å². The fourth-order valence-corrected chi connectivity index (χ4v) is 1.11. The fraction of sp³-hybridized carbons (Fsp3) is 0.333. The largest absolute Gasteiger partial charge is 0.394 e. The van der Waals surface area contributed by atoms with Gasteiger partial charge in [-0.25, -0.2) is 4.98 Å². The van der Waals surface area contributed by atoms with Crippen molar-refractivity contribution in [3.05, 3.63) is 29.0 Å². The molecule has 0 aromatic carbocycles. The number of rotatable bonds is 3. The van der Waals surface area contributed by atoms with Gasteiger partial charge in [0.1, 0.15) is 5.15 Å². The molecule has 1 rings (SSSR count). The van der Waals surface area contributed by atoms with Crippen molar-refractivity contribution < 1.29 is 9.90 Å². The van der Waals surface area contributed by atoms with E-state index >= 15 is 0 Å². The van der Waals surface area contributed by atoms with E-state index in [4.69, 9.17) is 16.7 Å². The van der Waals surface area contributed by atoms with E-state index in [0.29, 0.717) is 5.56 Å². The van der Waals surface area contributed by atoms with Crippen LogP contribution < -0.4 is 5.32 Å². The predicted molar refractivity (Wildman–Crippen MR) is 53.3 cm³/mol. The highest BCUT2D eigenvalue weighted by atomic mass is 35.5. The molecule has 0 bridgehead atoms. The quantitative estimate of drug-likeness (QED) is 0.734. The Morgan fingerprint density at radius 2 is 2.50 bits per heavy atom. The maximum Gasteiger partial charge on any atom is 0.254 e. The van der Waals surface area contributed by atoms with Crippen molar-refractivity contribution in [2.24, 2.45) is 0 Å². The second-order valence-electron chi connectivity index (χ2n) is 2.90. The summed E-state index contributed by atoms with van der Waals surface area (Å²) in [5, 5.41) is 11.5. The number of carbonyl (C=O) groups excluding carboxylic acids is 1. The Kier molecular flexibility index (Phi) is 3.85. The van der Waals surface area contributed by atoms with Crippen molar-refractivity contribution >= 4 is 17.5 Å². The molecule has 0 fully saturated rings. The topological polar surface area (TPSA) is 62.2 Å². The summed E-state index contributed by atoms with van der Waals surface area (Å²) in [5.74, 6) is -0.329. The first kappa shape index (κ1) is 10.9. The highest BCUT2D eigenvalue weighted by molar-refractivity contribution is 6.32. The molecule has 4 nitrogen and oxygen atoms in total. The number of aliphatic hydroxyl groups is 1. The third-order valence-corrected chi connectivity index (χ3v) is 1.96. The van der Waals surface area contributed by atoms with E-state index in [0.717, 1.165) is 0 Å². The van der Waals surface area contributed by atoms with Crippen molar-refractivity contribution in [1.29, 1.82) is 0 Å². The van der Waals surface area contributed by atoms with Crippen molar-refractivity contribution in [3.63, 3.8) is 0 Å². The molecule has 0 aliphatic carbocycles. The molecule has 1 aromatic heterocycles. The van der Waals surface area contributed by atoms with Gasteiger partial charge in [0.2, 0.25) is 0 Å². The number of halogens is 1. The summed E-state index contributed by atoms with van der Waals surface area (Å²) in [6.07, 6.45) is 1.51. The van der Waals surface area contributed by atoms with E-state index in [1.165, 1.54) is 6.20 Å². The molecule has 2 N–H and O–H groups in total. The summed E-state index contributed by atoms with van der Waals surface area (Å²) in [4.78, 5) is 15.3. The van der Waals surface area contributed by atoms with Gasteiger partial charge in [-0.1, -0.05) is 11.6 Å². The predicted octanol–water partition coefficient (Wildman–Crippen LogP) is 0.846. The molecule has 0 saturated heterocycles.